The van der Waals surface area contributed by atoms with Gasteiger partial charge in [0.25, 0.3) is 5.69 Å². The quantitative estimate of drug-likeness (QED) is 0.276. The van der Waals surface area contributed by atoms with E-state index in [0.29, 0.717) is 11.3 Å². The molecule has 0 amide bonds. The summed E-state index contributed by atoms with van der Waals surface area (Å²) in [4.78, 5) is 13.9. The van der Waals surface area contributed by atoms with Crippen LogP contribution in [-0.2, 0) is 0 Å². The molecule has 0 bridgehead atoms. The van der Waals surface area contributed by atoms with E-state index in [1.807, 2.05) is 6.07 Å². The highest BCUT2D eigenvalue weighted by Crippen LogP contribution is 2.24. The van der Waals surface area contributed by atoms with Gasteiger partial charge in [0.2, 0.25) is 5.88 Å². The Balaban J connectivity index is 1.77. The second kappa shape index (κ2) is 7.89. The average Bonchev–Trinajstić information content (AvgIpc) is 2.68. The normalized spacial score (nSPS) is 10.9. The summed E-state index contributed by atoms with van der Waals surface area (Å²) >= 11 is 0. The van der Waals surface area contributed by atoms with Gasteiger partial charge in [-0.1, -0.05) is 30.3 Å². The third kappa shape index (κ3) is 4.32. The van der Waals surface area contributed by atoms with Crippen LogP contribution in [0.1, 0.15) is 11.1 Å². The molecule has 1 aromatic heterocycles. The largest absolute Gasteiger partial charge is 0.439 e. The average molecular weight is 361 g/mol. The van der Waals surface area contributed by atoms with Gasteiger partial charge in [-0.2, -0.15) is 5.26 Å². The van der Waals surface area contributed by atoms with Crippen LogP contribution in [0.15, 0.2) is 66.9 Å². The van der Waals surface area contributed by atoms with Crippen LogP contribution in [0.5, 0.6) is 11.6 Å². The van der Waals surface area contributed by atoms with Crippen molar-refractivity contribution in [3.63, 3.8) is 0 Å². The molecule has 0 aliphatic rings. The summed E-state index contributed by atoms with van der Waals surface area (Å²) in [6.45, 7) is 0. The maximum Gasteiger partial charge on any atom is 0.287 e. The van der Waals surface area contributed by atoms with Crippen molar-refractivity contribution in [3.05, 3.63) is 93.9 Å². The minimum atomic E-state index is -0.541. The minimum absolute atomic E-state index is 0.125. The zero-order chi connectivity index (χ0) is 19.2. The third-order valence-corrected chi connectivity index (χ3v) is 3.63. The van der Waals surface area contributed by atoms with Crippen molar-refractivity contribution in [3.8, 4) is 17.7 Å². The number of allylic oxidation sites excluding steroid dienone is 1. The van der Waals surface area contributed by atoms with Gasteiger partial charge in [-0.3, -0.25) is 10.1 Å². The molecule has 3 aromatic rings. The lowest BCUT2D eigenvalue weighted by Crippen LogP contribution is -1.91. The Morgan fingerprint density at radius 1 is 1.15 bits per heavy atom. The number of benzene rings is 2. The van der Waals surface area contributed by atoms with Gasteiger partial charge >= 0.3 is 0 Å². The number of ether oxygens (including phenoxy) is 1. The topological polar surface area (TPSA) is 89.0 Å². The molecule has 0 fully saturated rings. The van der Waals surface area contributed by atoms with Crippen LogP contribution in [0.4, 0.5) is 10.1 Å². The molecule has 0 saturated heterocycles. The molecule has 7 heteroatoms. The Morgan fingerprint density at radius 2 is 1.89 bits per heavy atom. The highest BCUT2D eigenvalue weighted by molar-refractivity contribution is 5.89. The van der Waals surface area contributed by atoms with Crippen LogP contribution in [0, 0.1) is 27.3 Å². The van der Waals surface area contributed by atoms with Gasteiger partial charge in [0, 0.05) is 17.7 Å². The van der Waals surface area contributed by atoms with Crippen molar-refractivity contribution in [1.29, 1.82) is 5.26 Å². The fourth-order valence-corrected chi connectivity index (χ4v) is 2.31. The zero-order valence-corrected chi connectivity index (χ0v) is 13.9. The SMILES string of the molecule is N#CC(=Cc1ccc(Oc2ccc([N+](=O)[O-])cn2)cc1)c1ccccc1F. The lowest BCUT2D eigenvalue weighted by atomic mass is 10.0. The van der Waals surface area contributed by atoms with Crippen molar-refractivity contribution in [1.82, 2.24) is 4.98 Å². The molecule has 0 unspecified atom stereocenters. The van der Waals surface area contributed by atoms with E-state index in [1.54, 1.807) is 48.5 Å². The number of hydrogen-bond acceptors (Lipinski definition) is 5. The van der Waals surface area contributed by atoms with E-state index in [1.165, 1.54) is 18.2 Å². The van der Waals surface area contributed by atoms with E-state index in [4.69, 9.17) is 4.74 Å². The molecule has 0 saturated carbocycles. The molecule has 2 aromatic carbocycles. The fourth-order valence-electron chi connectivity index (χ4n) is 2.31. The van der Waals surface area contributed by atoms with Crippen molar-refractivity contribution < 1.29 is 14.1 Å². The predicted octanol–water partition coefficient (Wildman–Crippen LogP) is 4.99. The number of nitro groups is 1. The highest BCUT2D eigenvalue weighted by Gasteiger charge is 2.08. The maximum atomic E-state index is 13.9. The van der Waals surface area contributed by atoms with Crippen molar-refractivity contribution in [2.45, 2.75) is 0 Å². The molecule has 0 radical (unpaired) electrons. The monoisotopic (exact) mass is 361 g/mol. The first-order valence-electron chi connectivity index (χ1n) is 7.82. The van der Waals surface area contributed by atoms with Crippen LogP contribution in [0.3, 0.4) is 0 Å². The van der Waals surface area contributed by atoms with E-state index in [-0.39, 0.29) is 22.7 Å². The molecule has 0 aliphatic carbocycles. The van der Waals surface area contributed by atoms with Gasteiger partial charge in [-0.25, -0.2) is 9.37 Å². The lowest BCUT2D eigenvalue weighted by molar-refractivity contribution is -0.385. The Bertz CT molecular complexity index is 1040. The van der Waals surface area contributed by atoms with Crippen molar-refractivity contribution in [2.75, 3.05) is 0 Å². The molecular weight excluding hydrogens is 349 g/mol. The van der Waals surface area contributed by atoms with Gasteiger partial charge < -0.3 is 4.74 Å². The molecule has 6 nitrogen and oxygen atoms in total. The van der Waals surface area contributed by atoms with E-state index in [2.05, 4.69) is 4.98 Å². The van der Waals surface area contributed by atoms with Crippen molar-refractivity contribution in [2.24, 2.45) is 0 Å². The fraction of sp³-hybridized carbons (Fsp3) is 0. The van der Waals surface area contributed by atoms with Gasteiger partial charge in [0.15, 0.2) is 0 Å². The molecule has 27 heavy (non-hydrogen) atoms. The van der Waals surface area contributed by atoms with Crippen LogP contribution in [-0.4, -0.2) is 9.91 Å². The standard InChI is InChI=1S/C20H12FN3O3/c21-19-4-2-1-3-18(19)15(12-22)11-14-5-8-17(9-6-14)27-20-10-7-16(13-23-20)24(25)26/h1-11,13H. The van der Waals surface area contributed by atoms with Gasteiger partial charge in [-0.05, 0) is 29.8 Å². The van der Waals surface area contributed by atoms with Gasteiger partial charge in [-0.15, -0.1) is 0 Å². The first-order chi connectivity index (χ1) is 13.1. The molecule has 1 heterocycles. The lowest BCUT2D eigenvalue weighted by Gasteiger charge is -2.05. The zero-order valence-electron chi connectivity index (χ0n) is 13.9. The summed E-state index contributed by atoms with van der Waals surface area (Å²) in [7, 11) is 0. The molecule has 0 aliphatic heterocycles. The van der Waals surface area contributed by atoms with Gasteiger partial charge in [0.05, 0.1) is 16.6 Å². The predicted molar refractivity (Wildman–Crippen MR) is 97.3 cm³/mol. The summed E-state index contributed by atoms with van der Waals surface area (Å²) < 4.78 is 19.4. The molecular formula is C20H12FN3O3. The number of aromatic nitrogens is 1. The van der Waals surface area contributed by atoms with Gasteiger partial charge in [0.1, 0.15) is 17.8 Å². The summed E-state index contributed by atoms with van der Waals surface area (Å²) in [5.41, 5.74) is 1.01. The summed E-state index contributed by atoms with van der Waals surface area (Å²) in [5, 5.41) is 19.9. The summed E-state index contributed by atoms with van der Waals surface area (Å²) in [6.07, 6.45) is 2.69. The van der Waals surface area contributed by atoms with E-state index >= 15 is 0 Å². The van der Waals surface area contributed by atoms with E-state index in [0.717, 1.165) is 6.20 Å². The number of hydrogen-bond donors (Lipinski definition) is 0. The van der Waals surface area contributed by atoms with Crippen LogP contribution in [0.25, 0.3) is 11.6 Å². The summed E-state index contributed by atoms with van der Waals surface area (Å²) in [5.74, 6) is 0.223. The van der Waals surface area contributed by atoms with Crippen LogP contribution < -0.4 is 4.74 Å². The molecule has 0 spiro atoms. The van der Waals surface area contributed by atoms with E-state index in [9.17, 15) is 19.8 Å². The minimum Gasteiger partial charge on any atom is -0.439 e. The smallest absolute Gasteiger partial charge is 0.287 e. The number of nitrogens with zero attached hydrogens (tertiary/aromatic N) is 3. The second-order valence-corrected chi connectivity index (χ2v) is 5.43. The molecule has 132 valence electrons. The van der Waals surface area contributed by atoms with Crippen molar-refractivity contribution >= 4 is 17.3 Å². The number of rotatable bonds is 5. The Kier molecular flexibility index (Phi) is 5.19. The first-order valence-corrected chi connectivity index (χ1v) is 7.82. The Morgan fingerprint density at radius 3 is 2.48 bits per heavy atom. The molecule has 3 rings (SSSR count). The number of pyridine rings is 1. The maximum absolute atomic E-state index is 13.9. The first kappa shape index (κ1) is 17.8. The second-order valence-electron chi connectivity index (χ2n) is 5.43. The molecule has 0 atom stereocenters. The Labute approximate surface area is 153 Å². The number of nitriles is 1. The van der Waals surface area contributed by atoms with Crippen LogP contribution >= 0.6 is 0 Å². The van der Waals surface area contributed by atoms with Crippen LogP contribution in [0.2, 0.25) is 0 Å². The van der Waals surface area contributed by atoms with E-state index < -0.39 is 10.7 Å². The highest BCUT2D eigenvalue weighted by atomic mass is 19.1. The number of halogens is 1. The third-order valence-electron chi connectivity index (χ3n) is 3.63. The Hall–Kier alpha value is -4.05. The molecule has 0 N–H and O–H groups in total. The summed E-state index contributed by atoms with van der Waals surface area (Å²) in [6, 6.07) is 17.5.